The van der Waals surface area contributed by atoms with Crippen LogP contribution in [0.25, 0.3) is 0 Å². The van der Waals surface area contributed by atoms with Gasteiger partial charge in [-0.3, -0.25) is 9.67 Å². The first kappa shape index (κ1) is 21.9. The van der Waals surface area contributed by atoms with Crippen molar-refractivity contribution in [1.82, 2.24) is 20.4 Å². The van der Waals surface area contributed by atoms with Crippen molar-refractivity contribution < 1.29 is 18.3 Å². The summed E-state index contributed by atoms with van der Waals surface area (Å²) in [6.07, 6.45) is 1.72. The third-order valence-electron chi connectivity index (χ3n) is 3.49. The number of nitrogens with one attached hydrogen (secondary N) is 2. The lowest BCUT2D eigenvalue weighted by Crippen LogP contribution is -2.36. The van der Waals surface area contributed by atoms with E-state index in [4.69, 9.17) is 4.74 Å². The standard InChI is InChI=1S/C16H21F2N5O2.HI/c1-19-16(21-10-12-6-7-22-23(12)2)20-9-11-4-5-13(24-3)14(8-11)25-15(17)18;/h4-8,15H,9-10H2,1-3H3,(H2,19,20,21);1H. The fourth-order valence-electron chi connectivity index (χ4n) is 2.17. The van der Waals surface area contributed by atoms with Crippen LogP contribution in [-0.4, -0.2) is 36.5 Å². The normalized spacial score (nSPS) is 11.1. The SMILES string of the molecule is CN=C(NCc1ccc(OC)c(OC(F)F)c1)NCc1ccnn1C.I. The van der Waals surface area contributed by atoms with Crippen molar-refractivity contribution >= 4 is 29.9 Å². The number of hydrogen-bond donors (Lipinski definition) is 2. The number of benzene rings is 1. The van der Waals surface area contributed by atoms with Crippen molar-refractivity contribution in [3.63, 3.8) is 0 Å². The second-order valence-electron chi connectivity index (χ2n) is 5.09. The number of guanidine groups is 1. The minimum atomic E-state index is -2.91. The fourth-order valence-corrected chi connectivity index (χ4v) is 2.17. The van der Waals surface area contributed by atoms with E-state index in [0.29, 0.717) is 19.0 Å². The minimum absolute atomic E-state index is 0. The van der Waals surface area contributed by atoms with Crippen LogP contribution >= 0.6 is 24.0 Å². The first-order valence-corrected chi connectivity index (χ1v) is 7.56. The van der Waals surface area contributed by atoms with E-state index in [9.17, 15) is 8.78 Å². The number of rotatable bonds is 7. The number of halogens is 3. The molecule has 0 aliphatic rings. The molecule has 1 aromatic heterocycles. The molecular weight excluding hydrogens is 459 g/mol. The zero-order valence-corrected chi connectivity index (χ0v) is 17.0. The zero-order valence-electron chi connectivity index (χ0n) is 14.7. The maximum atomic E-state index is 12.5. The summed E-state index contributed by atoms with van der Waals surface area (Å²) < 4.78 is 36.2. The molecule has 0 fully saturated rings. The minimum Gasteiger partial charge on any atom is -0.493 e. The van der Waals surface area contributed by atoms with Crippen molar-refractivity contribution in [2.75, 3.05) is 14.2 Å². The van der Waals surface area contributed by atoms with Gasteiger partial charge in [-0.05, 0) is 23.8 Å². The van der Waals surface area contributed by atoms with E-state index in [2.05, 4.69) is 25.5 Å². The van der Waals surface area contributed by atoms with Crippen LogP contribution in [-0.2, 0) is 20.1 Å². The Morgan fingerprint density at radius 1 is 1.23 bits per heavy atom. The van der Waals surface area contributed by atoms with Crippen LogP contribution in [0.4, 0.5) is 8.78 Å². The third kappa shape index (κ3) is 6.32. The van der Waals surface area contributed by atoms with E-state index < -0.39 is 6.61 Å². The van der Waals surface area contributed by atoms with Crippen LogP contribution in [0.5, 0.6) is 11.5 Å². The Morgan fingerprint density at radius 2 is 1.96 bits per heavy atom. The summed E-state index contributed by atoms with van der Waals surface area (Å²) in [5.74, 6) is 0.825. The number of hydrogen-bond acceptors (Lipinski definition) is 4. The molecule has 0 aliphatic carbocycles. The molecule has 26 heavy (non-hydrogen) atoms. The number of aromatic nitrogens is 2. The molecular formula is C16H22F2IN5O2. The van der Waals surface area contributed by atoms with Gasteiger partial charge in [-0.2, -0.15) is 13.9 Å². The summed E-state index contributed by atoms with van der Waals surface area (Å²) >= 11 is 0. The van der Waals surface area contributed by atoms with Crippen LogP contribution in [0.3, 0.4) is 0 Å². The van der Waals surface area contributed by atoms with Gasteiger partial charge in [0.25, 0.3) is 0 Å². The van der Waals surface area contributed by atoms with Gasteiger partial charge in [-0.25, -0.2) is 0 Å². The number of ether oxygens (including phenoxy) is 2. The highest BCUT2D eigenvalue weighted by Crippen LogP contribution is 2.29. The molecule has 2 aromatic rings. The average molecular weight is 481 g/mol. The van der Waals surface area contributed by atoms with E-state index in [1.807, 2.05) is 13.1 Å². The van der Waals surface area contributed by atoms with E-state index in [1.165, 1.54) is 13.2 Å². The van der Waals surface area contributed by atoms with Gasteiger partial charge in [-0.15, -0.1) is 24.0 Å². The molecule has 2 N–H and O–H groups in total. The Kier molecular flexibility index (Phi) is 9.10. The molecule has 0 spiro atoms. The molecule has 0 atom stereocenters. The van der Waals surface area contributed by atoms with E-state index >= 15 is 0 Å². The van der Waals surface area contributed by atoms with Gasteiger partial charge in [0.15, 0.2) is 17.5 Å². The van der Waals surface area contributed by atoms with Crippen LogP contribution in [0.2, 0.25) is 0 Å². The van der Waals surface area contributed by atoms with Gasteiger partial charge in [0, 0.05) is 26.8 Å². The van der Waals surface area contributed by atoms with Crippen molar-refractivity contribution in [2.45, 2.75) is 19.7 Å². The molecule has 1 heterocycles. The molecule has 0 saturated heterocycles. The quantitative estimate of drug-likeness (QED) is 0.362. The number of methoxy groups -OCH3 is 1. The monoisotopic (exact) mass is 481 g/mol. The summed E-state index contributed by atoms with van der Waals surface area (Å²) in [6.45, 7) is -1.97. The van der Waals surface area contributed by atoms with E-state index in [-0.39, 0.29) is 35.5 Å². The Morgan fingerprint density at radius 3 is 2.54 bits per heavy atom. The highest BCUT2D eigenvalue weighted by molar-refractivity contribution is 14.0. The number of aryl methyl sites for hydroxylation is 1. The molecule has 0 bridgehead atoms. The second kappa shape index (κ2) is 10.8. The molecule has 0 amide bonds. The average Bonchev–Trinajstić information content (AvgIpc) is 3.00. The predicted molar refractivity (Wildman–Crippen MR) is 105 cm³/mol. The van der Waals surface area contributed by atoms with Gasteiger partial charge in [0.2, 0.25) is 0 Å². The number of nitrogens with zero attached hydrogens (tertiary/aromatic N) is 3. The second-order valence-corrected chi connectivity index (χ2v) is 5.09. The molecule has 144 valence electrons. The van der Waals surface area contributed by atoms with Crippen molar-refractivity contribution in [2.24, 2.45) is 12.0 Å². The molecule has 10 heteroatoms. The lowest BCUT2D eigenvalue weighted by atomic mass is 10.2. The summed E-state index contributed by atoms with van der Waals surface area (Å²) in [5, 5.41) is 10.4. The molecule has 0 unspecified atom stereocenters. The fraction of sp³-hybridized carbons (Fsp3) is 0.375. The largest absolute Gasteiger partial charge is 0.493 e. The van der Waals surface area contributed by atoms with Crippen LogP contribution in [0.15, 0.2) is 35.5 Å². The Labute approximate surface area is 167 Å². The molecule has 2 rings (SSSR count). The van der Waals surface area contributed by atoms with Gasteiger partial charge >= 0.3 is 6.61 Å². The van der Waals surface area contributed by atoms with Gasteiger partial charge in [0.1, 0.15) is 0 Å². The Bertz CT molecular complexity index is 724. The van der Waals surface area contributed by atoms with Gasteiger partial charge < -0.3 is 20.1 Å². The van der Waals surface area contributed by atoms with Crippen molar-refractivity contribution in [3.8, 4) is 11.5 Å². The van der Waals surface area contributed by atoms with Crippen LogP contribution in [0, 0.1) is 0 Å². The smallest absolute Gasteiger partial charge is 0.387 e. The summed E-state index contributed by atoms with van der Waals surface area (Å²) in [6, 6.07) is 6.75. The lowest BCUT2D eigenvalue weighted by molar-refractivity contribution is -0.0512. The third-order valence-corrected chi connectivity index (χ3v) is 3.49. The molecule has 1 aromatic carbocycles. The highest BCUT2D eigenvalue weighted by atomic mass is 127. The van der Waals surface area contributed by atoms with Gasteiger partial charge in [0.05, 0.1) is 19.3 Å². The number of aliphatic imine (C=N–C) groups is 1. The van der Waals surface area contributed by atoms with Crippen molar-refractivity contribution in [3.05, 3.63) is 41.7 Å². The summed E-state index contributed by atoms with van der Waals surface area (Å²) in [4.78, 5) is 4.13. The van der Waals surface area contributed by atoms with Crippen molar-refractivity contribution in [1.29, 1.82) is 0 Å². The Balaban J connectivity index is 0.00000338. The number of alkyl halides is 2. The highest BCUT2D eigenvalue weighted by Gasteiger charge is 2.11. The summed E-state index contributed by atoms with van der Waals surface area (Å²) in [7, 11) is 4.91. The van der Waals surface area contributed by atoms with Crippen LogP contribution in [0.1, 0.15) is 11.3 Å². The van der Waals surface area contributed by atoms with Crippen LogP contribution < -0.4 is 20.1 Å². The predicted octanol–water partition coefficient (Wildman–Crippen LogP) is 2.51. The van der Waals surface area contributed by atoms with Gasteiger partial charge in [-0.1, -0.05) is 6.07 Å². The first-order chi connectivity index (χ1) is 12.0. The first-order valence-electron chi connectivity index (χ1n) is 7.56. The molecule has 7 nitrogen and oxygen atoms in total. The maximum Gasteiger partial charge on any atom is 0.387 e. The lowest BCUT2D eigenvalue weighted by Gasteiger charge is -2.14. The topological polar surface area (TPSA) is 72.7 Å². The van der Waals surface area contributed by atoms with E-state index in [0.717, 1.165) is 11.3 Å². The zero-order chi connectivity index (χ0) is 18.2. The maximum absolute atomic E-state index is 12.5. The Hall–Kier alpha value is -2.11. The van der Waals surface area contributed by atoms with E-state index in [1.54, 1.807) is 30.1 Å². The molecule has 0 radical (unpaired) electrons. The summed E-state index contributed by atoms with van der Waals surface area (Å²) in [5.41, 5.74) is 1.75. The molecule has 0 saturated carbocycles. The molecule has 0 aliphatic heterocycles.